The van der Waals surface area contributed by atoms with Gasteiger partial charge in [-0.25, -0.2) is 0 Å². The van der Waals surface area contributed by atoms with E-state index in [0.29, 0.717) is 13.0 Å². The molecule has 1 N–H and O–H groups in total. The number of rotatable bonds is 6. The highest BCUT2D eigenvalue weighted by Crippen LogP contribution is 2.37. The maximum absolute atomic E-state index is 12.2. The molecule has 0 spiro atoms. The summed E-state index contributed by atoms with van der Waals surface area (Å²) in [6.45, 7) is 1.67. The highest BCUT2D eigenvalue weighted by molar-refractivity contribution is 5.78. The van der Waals surface area contributed by atoms with Crippen molar-refractivity contribution in [1.29, 1.82) is 0 Å². The van der Waals surface area contributed by atoms with E-state index < -0.39 is 0 Å². The maximum atomic E-state index is 12.2. The van der Waals surface area contributed by atoms with E-state index in [1.807, 2.05) is 18.2 Å². The number of carbonyl (C=O) groups excluding carboxylic acids is 1. The number of carbonyl (C=O) groups is 1. The Bertz CT molecular complexity index is 537. The van der Waals surface area contributed by atoms with E-state index in [-0.39, 0.29) is 18.1 Å². The molecule has 1 aromatic carbocycles. The molecule has 1 saturated carbocycles. The molecule has 0 unspecified atom stereocenters. The molecule has 5 heteroatoms. The van der Waals surface area contributed by atoms with Gasteiger partial charge in [-0.2, -0.15) is 0 Å². The van der Waals surface area contributed by atoms with Crippen molar-refractivity contribution in [2.75, 3.05) is 27.1 Å². The number of ether oxygens (including phenoxy) is 3. The fraction of sp³-hybridized carbons (Fsp3) is 0.588. The number of benzene rings is 1. The minimum atomic E-state index is 0.0428. The van der Waals surface area contributed by atoms with Crippen molar-refractivity contribution < 1.29 is 19.0 Å². The van der Waals surface area contributed by atoms with E-state index in [1.54, 1.807) is 7.11 Å². The van der Waals surface area contributed by atoms with Crippen LogP contribution in [-0.2, 0) is 16.0 Å². The van der Waals surface area contributed by atoms with Gasteiger partial charge in [0.05, 0.1) is 13.0 Å². The second kappa shape index (κ2) is 6.57. The lowest BCUT2D eigenvalue weighted by Crippen LogP contribution is -2.39. The SMILES string of the molecule is COCC1(CNC(=O)Cc2ccc3c(c2)OCO3)CCCC1. The quantitative estimate of drug-likeness (QED) is 0.876. The van der Waals surface area contributed by atoms with Crippen LogP contribution in [0.25, 0.3) is 0 Å². The molecule has 1 amide bonds. The molecule has 1 aromatic rings. The van der Waals surface area contributed by atoms with Gasteiger partial charge in [-0.15, -0.1) is 0 Å². The van der Waals surface area contributed by atoms with E-state index in [4.69, 9.17) is 14.2 Å². The van der Waals surface area contributed by atoms with E-state index >= 15 is 0 Å². The lowest BCUT2D eigenvalue weighted by atomic mass is 9.87. The molecule has 5 nitrogen and oxygen atoms in total. The molecule has 2 aliphatic rings. The molecule has 1 aliphatic carbocycles. The summed E-state index contributed by atoms with van der Waals surface area (Å²) in [5, 5.41) is 3.08. The summed E-state index contributed by atoms with van der Waals surface area (Å²) in [5.74, 6) is 1.51. The number of hydrogen-bond acceptors (Lipinski definition) is 4. The molecule has 0 radical (unpaired) electrons. The third-order valence-corrected chi connectivity index (χ3v) is 4.58. The minimum Gasteiger partial charge on any atom is -0.454 e. The average molecular weight is 305 g/mol. The van der Waals surface area contributed by atoms with Crippen molar-refractivity contribution in [1.82, 2.24) is 5.32 Å². The third-order valence-electron chi connectivity index (χ3n) is 4.58. The summed E-state index contributed by atoms with van der Waals surface area (Å²) in [6.07, 6.45) is 5.07. The summed E-state index contributed by atoms with van der Waals surface area (Å²) < 4.78 is 16.0. The number of fused-ring (bicyclic) bond motifs is 1. The normalized spacial score (nSPS) is 18.4. The molecule has 1 aliphatic heterocycles. The van der Waals surface area contributed by atoms with Crippen LogP contribution in [0.15, 0.2) is 18.2 Å². The molecule has 0 saturated heterocycles. The standard InChI is InChI=1S/C17H23NO4/c1-20-11-17(6-2-3-7-17)10-18-16(19)9-13-4-5-14-15(8-13)22-12-21-14/h4-5,8H,2-3,6-7,9-12H2,1H3,(H,18,19). The van der Waals surface area contributed by atoms with Crippen molar-refractivity contribution in [3.8, 4) is 11.5 Å². The minimum absolute atomic E-state index is 0.0428. The van der Waals surface area contributed by atoms with Gasteiger partial charge in [-0.05, 0) is 30.5 Å². The van der Waals surface area contributed by atoms with Gasteiger partial charge >= 0.3 is 0 Å². The van der Waals surface area contributed by atoms with Crippen LogP contribution in [0.2, 0.25) is 0 Å². The third kappa shape index (κ3) is 3.35. The predicted molar refractivity (Wildman–Crippen MR) is 82.1 cm³/mol. The molecule has 1 heterocycles. The summed E-state index contributed by atoms with van der Waals surface area (Å²) in [6, 6.07) is 5.64. The van der Waals surface area contributed by atoms with Crippen molar-refractivity contribution in [3.63, 3.8) is 0 Å². The number of methoxy groups -OCH3 is 1. The van der Waals surface area contributed by atoms with Gasteiger partial charge in [-0.3, -0.25) is 4.79 Å². The molecule has 0 bridgehead atoms. The van der Waals surface area contributed by atoms with Gasteiger partial charge in [0.2, 0.25) is 12.7 Å². The molecule has 0 atom stereocenters. The van der Waals surface area contributed by atoms with Gasteiger partial charge in [0.1, 0.15) is 0 Å². The smallest absolute Gasteiger partial charge is 0.231 e. The zero-order valence-electron chi connectivity index (χ0n) is 13.0. The van der Waals surface area contributed by atoms with Crippen LogP contribution < -0.4 is 14.8 Å². The lowest BCUT2D eigenvalue weighted by molar-refractivity contribution is -0.121. The number of nitrogens with one attached hydrogen (secondary N) is 1. The van der Waals surface area contributed by atoms with Crippen molar-refractivity contribution in [3.05, 3.63) is 23.8 Å². The first kappa shape index (κ1) is 15.2. The molecule has 120 valence electrons. The van der Waals surface area contributed by atoms with Crippen molar-refractivity contribution in [2.24, 2.45) is 5.41 Å². The molecular formula is C17H23NO4. The van der Waals surface area contributed by atoms with E-state index in [9.17, 15) is 4.79 Å². The highest BCUT2D eigenvalue weighted by atomic mass is 16.7. The van der Waals surface area contributed by atoms with Crippen LogP contribution in [0.3, 0.4) is 0 Å². The summed E-state index contributed by atoms with van der Waals surface area (Å²) in [5.41, 5.74) is 1.06. The Kier molecular flexibility index (Phi) is 4.52. The zero-order chi connectivity index (χ0) is 15.4. The zero-order valence-corrected chi connectivity index (χ0v) is 13.0. The van der Waals surface area contributed by atoms with E-state index in [2.05, 4.69) is 5.32 Å². The van der Waals surface area contributed by atoms with Gasteiger partial charge in [0.25, 0.3) is 0 Å². The van der Waals surface area contributed by atoms with Crippen LogP contribution >= 0.6 is 0 Å². The second-order valence-corrected chi connectivity index (χ2v) is 6.28. The molecule has 3 rings (SSSR count). The lowest BCUT2D eigenvalue weighted by Gasteiger charge is -2.28. The Labute approximate surface area is 130 Å². The first-order valence-corrected chi connectivity index (χ1v) is 7.85. The largest absolute Gasteiger partial charge is 0.454 e. The van der Waals surface area contributed by atoms with Gasteiger partial charge in [0, 0.05) is 19.1 Å². The molecular weight excluding hydrogens is 282 g/mol. The van der Waals surface area contributed by atoms with Crippen LogP contribution in [0.5, 0.6) is 11.5 Å². The Balaban J connectivity index is 1.54. The predicted octanol–water partition coefficient (Wildman–Crippen LogP) is 2.28. The fourth-order valence-corrected chi connectivity index (χ4v) is 3.39. The molecule has 1 fully saturated rings. The van der Waals surface area contributed by atoms with Crippen LogP contribution in [0.1, 0.15) is 31.2 Å². The highest BCUT2D eigenvalue weighted by Gasteiger charge is 2.34. The summed E-state index contributed by atoms with van der Waals surface area (Å²) >= 11 is 0. The van der Waals surface area contributed by atoms with Crippen molar-refractivity contribution >= 4 is 5.91 Å². The molecule has 22 heavy (non-hydrogen) atoms. The Morgan fingerprint density at radius 1 is 1.27 bits per heavy atom. The van der Waals surface area contributed by atoms with Gasteiger partial charge in [0.15, 0.2) is 11.5 Å². The first-order valence-electron chi connectivity index (χ1n) is 7.85. The van der Waals surface area contributed by atoms with Crippen LogP contribution in [0.4, 0.5) is 0 Å². The first-order chi connectivity index (χ1) is 10.7. The fourth-order valence-electron chi connectivity index (χ4n) is 3.39. The van der Waals surface area contributed by atoms with Gasteiger partial charge < -0.3 is 19.5 Å². The van der Waals surface area contributed by atoms with Crippen molar-refractivity contribution in [2.45, 2.75) is 32.1 Å². The van der Waals surface area contributed by atoms with E-state index in [1.165, 1.54) is 12.8 Å². The second-order valence-electron chi connectivity index (χ2n) is 6.28. The monoisotopic (exact) mass is 305 g/mol. The van der Waals surface area contributed by atoms with Crippen LogP contribution in [0, 0.1) is 5.41 Å². The molecule has 0 aromatic heterocycles. The summed E-state index contributed by atoms with van der Waals surface area (Å²) in [4.78, 5) is 12.2. The Morgan fingerprint density at radius 2 is 2.05 bits per heavy atom. The number of amides is 1. The number of hydrogen-bond donors (Lipinski definition) is 1. The van der Waals surface area contributed by atoms with E-state index in [0.717, 1.165) is 36.5 Å². The Hall–Kier alpha value is -1.75. The topological polar surface area (TPSA) is 56.8 Å². The van der Waals surface area contributed by atoms with Crippen LogP contribution in [-0.4, -0.2) is 33.0 Å². The average Bonchev–Trinajstić information content (AvgIpc) is 3.15. The maximum Gasteiger partial charge on any atom is 0.231 e. The Morgan fingerprint density at radius 3 is 2.82 bits per heavy atom. The van der Waals surface area contributed by atoms with Gasteiger partial charge in [-0.1, -0.05) is 18.9 Å². The summed E-state index contributed by atoms with van der Waals surface area (Å²) in [7, 11) is 1.73.